The van der Waals surface area contributed by atoms with Gasteiger partial charge in [0.1, 0.15) is 21.7 Å². The van der Waals surface area contributed by atoms with E-state index in [9.17, 15) is 8.78 Å². The van der Waals surface area contributed by atoms with E-state index in [0.717, 1.165) is 0 Å². The Balaban J connectivity index is 2.25. The maximum atomic E-state index is 13.7. The molecule has 0 aromatic heterocycles. The average molecular weight is 424 g/mol. The van der Waals surface area contributed by atoms with Gasteiger partial charge in [0.2, 0.25) is 0 Å². The molecule has 1 fully saturated rings. The Bertz CT molecular complexity index is 675. The highest BCUT2D eigenvalue weighted by molar-refractivity contribution is 9.10. The summed E-state index contributed by atoms with van der Waals surface area (Å²) in [5.41, 5.74) is 1.07. The van der Waals surface area contributed by atoms with Crippen LogP contribution in [0.1, 0.15) is 18.4 Å². The second-order valence-corrected chi connectivity index (χ2v) is 7.47. The molecule has 1 aromatic carbocycles. The normalized spacial score (nSPS) is 23.2. The molecule has 0 amide bonds. The smallest absolute Gasteiger partial charge is 0.140 e. The summed E-state index contributed by atoms with van der Waals surface area (Å²) in [7, 11) is 1.56. The van der Waals surface area contributed by atoms with Gasteiger partial charge in [0.25, 0.3) is 0 Å². The molecule has 0 radical (unpaired) electrons. The highest BCUT2D eigenvalue weighted by atomic mass is 79.9. The van der Waals surface area contributed by atoms with Crippen LogP contribution in [0.3, 0.4) is 0 Å². The van der Waals surface area contributed by atoms with Crippen molar-refractivity contribution in [3.63, 3.8) is 0 Å². The van der Waals surface area contributed by atoms with E-state index in [4.69, 9.17) is 27.9 Å². The van der Waals surface area contributed by atoms with Crippen LogP contribution in [0.5, 0.6) is 0 Å². The van der Waals surface area contributed by atoms with E-state index in [1.165, 1.54) is 12.1 Å². The molecule has 1 nitrogen and oxygen atoms in total. The third-order valence-corrected chi connectivity index (χ3v) is 5.50. The summed E-state index contributed by atoms with van der Waals surface area (Å²) in [5.74, 6) is -1.45. The van der Waals surface area contributed by atoms with Crippen LogP contribution in [-0.4, -0.2) is 11.4 Å². The molecule has 1 aromatic rings. The summed E-state index contributed by atoms with van der Waals surface area (Å²) in [6.45, 7) is 5.80. The van der Waals surface area contributed by atoms with Gasteiger partial charge in [0.15, 0.2) is 0 Å². The quantitative estimate of drug-likeness (QED) is 0.234. The van der Waals surface area contributed by atoms with Crippen molar-refractivity contribution in [3.8, 4) is 0 Å². The third-order valence-electron chi connectivity index (χ3n) is 3.80. The van der Waals surface area contributed by atoms with Crippen molar-refractivity contribution in [1.82, 2.24) is 0 Å². The number of allylic oxidation sites excluding steroid dienone is 4. The predicted octanol–water partition coefficient (Wildman–Crippen LogP) is 6.28. The molecule has 1 aliphatic carbocycles. The molecule has 1 saturated carbocycles. The SMILES string of the molecule is C=C(/C=C\C(=C/C)OC)C1C(c2cc(F)c(Br)c(F)c2)C1(Cl)Cl. The lowest BCUT2D eigenvalue weighted by molar-refractivity contribution is 0.306. The summed E-state index contributed by atoms with van der Waals surface area (Å²) in [5, 5.41) is 0. The van der Waals surface area contributed by atoms with Crippen molar-refractivity contribution >= 4 is 39.1 Å². The van der Waals surface area contributed by atoms with E-state index in [2.05, 4.69) is 22.5 Å². The van der Waals surface area contributed by atoms with Crippen LogP contribution in [0.2, 0.25) is 0 Å². The molecule has 0 aliphatic heterocycles. The van der Waals surface area contributed by atoms with Gasteiger partial charge in [0.05, 0.1) is 11.6 Å². The Morgan fingerprint density at radius 1 is 1.30 bits per heavy atom. The first-order valence-electron chi connectivity index (χ1n) is 6.83. The second-order valence-electron chi connectivity index (χ2n) is 5.23. The summed E-state index contributed by atoms with van der Waals surface area (Å²) in [6, 6.07) is 2.47. The zero-order valence-electron chi connectivity index (χ0n) is 12.5. The summed E-state index contributed by atoms with van der Waals surface area (Å²) < 4.78 is 31.2. The molecule has 124 valence electrons. The van der Waals surface area contributed by atoms with Crippen molar-refractivity contribution in [2.75, 3.05) is 7.11 Å². The number of alkyl halides is 2. The van der Waals surface area contributed by atoms with Crippen molar-refractivity contribution in [3.05, 3.63) is 69.9 Å². The lowest BCUT2D eigenvalue weighted by Crippen LogP contribution is -1.94. The van der Waals surface area contributed by atoms with Gasteiger partial charge in [0, 0.05) is 11.8 Å². The largest absolute Gasteiger partial charge is 0.497 e. The van der Waals surface area contributed by atoms with E-state index in [1.54, 1.807) is 25.3 Å². The first kappa shape index (κ1) is 18.5. The maximum Gasteiger partial charge on any atom is 0.140 e. The monoisotopic (exact) mass is 422 g/mol. The van der Waals surface area contributed by atoms with Crippen molar-refractivity contribution in [1.29, 1.82) is 0 Å². The van der Waals surface area contributed by atoms with E-state index in [1.807, 2.05) is 6.92 Å². The molecule has 0 bridgehead atoms. The molecule has 0 spiro atoms. The number of ether oxygens (including phenoxy) is 1. The number of methoxy groups -OCH3 is 1. The van der Waals surface area contributed by atoms with E-state index in [0.29, 0.717) is 16.9 Å². The van der Waals surface area contributed by atoms with Gasteiger partial charge >= 0.3 is 0 Å². The highest BCUT2D eigenvalue weighted by Crippen LogP contribution is 2.67. The zero-order valence-corrected chi connectivity index (χ0v) is 15.6. The van der Waals surface area contributed by atoms with Gasteiger partial charge in [-0.25, -0.2) is 8.78 Å². The Morgan fingerprint density at radius 2 is 1.87 bits per heavy atom. The van der Waals surface area contributed by atoms with Gasteiger partial charge in [-0.3, -0.25) is 0 Å². The van der Waals surface area contributed by atoms with E-state index in [-0.39, 0.29) is 10.4 Å². The first-order chi connectivity index (χ1) is 10.7. The Labute approximate surface area is 152 Å². The number of hydrogen-bond donors (Lipinski definition) is 0. The highest BCUT2D eigenvalue weighted by Gasteiger charge is 2.64. The standard InChI is InChI=1S/C17H15BrCl2F2O/c1-4-11(23-3)6-5-9(2)14-15(17(14,19)20)10-7-12(21)16(18)13(22)8-10/h4-8,14-15H,2H2,1,3H3/b6-5-,11-4+. The molecule has 2 atom stereocenters. The predicted molar refractivity (Wildman–Crippen MR) is 93.8 cm³/mol. The molecule has 0 saturated heterocycles. The van der Waals surface area contributed by atoms with Gasteiger partial charge in [-0.05, 0) is 58.3 Å². The fourth-order valence-electron chi connectivity index (χ4n) is 2.53. The molecule has 2 unspecified atom stereocenters. The van der Waals surface area contributed by atoms with Gasteiger partial charge < -0.3 is 4.74 Å². The van der Waals surface area contributed by atoms with Crippen LogP contribution >= 0.6 is 39.1 Å². The summed E-state index contributed by atoms with van der Waals surface area (Å²) in [4.78, 5) is 0. The van der Waals surface area contributed by atoms with Crippen LogP contribution < -0.4 is 0 Å². The topological polar surface area (TPSA) is 9.23 Å². The number of rotatable bonds is 5. The van der Waals surface area contributed by atoms with E-state index >= 15 is 0 Å². The lowest BCUT2D eigenvalue weighted by atomic mass is 10.0. The molecule has 0 heterocycles. The Morgan fingerprint density at radius 3 is 2.35 bits per heavy atom. The zero-order chi connectivity index (χ0) is 17.4. The molecule has 6 heteroatoms. The minimum Gasteiger partial charge on any atom is -0.497 e. The van der Waals surface area contributed by atoms with E-state index < -0.39 is 21.9 Å². The number of benzene rings is 1. The Kier molecular flexibility index (Phi) is 5.59. The van der Waals surface area contributed by atoms with Crippen molar-refractivity contribution < 1.29 is 13.5 Å². The third kappa shape index (κ3) is 3.65. The molecule has 23 heavy (non-hydrogen) atoms. The fourth-order valence-corrected chi connectivity index (χ4v) is 3.67. The molecule has 2 rings (SSSR count). The van der Waals surface area contributed by atoms with Crippen LogP contribution in [0, 0.1) is 17.6 Å². The minimum absolute atomic E-state index is 0.204. The molecular weight excluding hydrogens is 409 g/mol. The number of hydrogen-bond acceptors (Lipinski definition) is 1. The second kappa shape index (κ2) is 6.96. The maximum absolute atomic E-state index is 13.7. The number of halogens is 5. The minimum atomic E-state index is -1.14. The summed E-state index contributed by atoms with van der Waals surface area (Å²) >= 11 is 15.4. The van der Waals surface area contributed by atoms with Crippen LogP contribution in [0.25, 0.3) is 0 Å². The fraction of sp³-hybridized carbons (Fsp3) is 0.294. The van der Waals surface area contributed by atoms with Crippen LogP contribution in [-0.2, 0) is 4.74 Å². The average Bonchev–Trinajstić information content (AvgIpc) is 3.07. The van der Waals surface area contributed by atoms with Crippen LogP contribution in [0.15, 0.2) is 52.7 Å². The van der Waals surface area contributed by atoms with Gasteiger partial charge in [-0.2, -0.15) is 0 Å². The van der Waals surface area contributed by atoms with Gasteiger partial charge in [-0.1, -0.05) is 12.7 Å². The first-order valence-corrected chi connectivity index (χ1v) is 8.38. The molecular formula is C17H15BrCl2F2O. The molecule has 1 aliphatic rings. The lowest BCUT2D eigenvalue weighted by Gasteiger charge is -2.04. The van der Waals surface area contributed by atoms with Crippen LogP contribution in [0.4, 0.5) is 8.78 Å². The summed E-state index contributed by atoms with van der Waals surface area (Å²) in [6.07, 6.45) is 5.28. The van der Waals surface area contributed by atoms with Crippen molar-refractivity contribution in [2.24, 2.45) is 5.92 Å². The van der Waals surface area contributed by atoms with Crippen molar-refractivity contribution in [2.45, 2.75) is 17.2 Å². The van der Waals surface area contributed by atoms with Gasteiger partial charge in [-0.15, -0.1) is 23.2 Å². The molecule has 0 N–H and O–H groups in total. The Hall–Kier alpha value is -0.840.